The van der Waals surface area contributed by atoms with Crippen LogP contribution in [0.5, 0.6) is 5.75 Å². The lowest BCUT2D eigenvalue weighted by molar-refractivity contribution is -0.138. The van der Waals surface area contributed by atoms with Crippen LogP contribution in [0, 0.1) is 17.8 Å². The fourth-order valence-corrected chi connectivity index (χ4v) is 6.10. The summed E-state index contributed by atoms with van der Waals surface area (Å²) >= 11 is 6.39. The van der Waals surface area contributed by atoms with Crippen molar-refractivity contribution in [3.8, 4) is 5.75 Å². The number of imide groups is 1. The molecule has 7 nitrogen and oxygen atoms in total. The molecular formula is C28H29ClN2O5. The molecule has 2 saturated heterocycles. The minimum absolute atomic E-state index is 0.103. The molecule has 1 aliphatic carbocycles. The molecule has 3 heterocycles. The second kappa shape index (κ2) is 10.2. The monoisotopic (exact) mass is 508 g/mol. The Labute approximate surface area is 215 Å². The Balaban J connectivity index is 1.44. The number of carbonyl (C=O) groups excluding carboxylic acids is 2. The first-order chi connectivity index (χ1) is 17.4. The highest BCUT2D eigenvalue weighted by Gasteiger charge is 2.56. The molecule has 0 spiro atoms. The number of halogens is 1. The number of phenols is 1. The van der Waals surface area contributed by atoms with Gasteiger partial charge >= 0.3 is 0 Å². The standard InChI is InChI=1S/C28H29ClN2O5/c1-31-27(33)20-12-18(14-35-2)25-21(26(20)28(31)34)15-36-24(25)9-7-17(23-5-3-4-10-30-23)11-16-6-8-19(32)13-22(16)29/h3-6,8,10-11,13,20-21,24,26,32H,7,9,12,14-15H2,1-2H3/b17-11-/t20-,21+,24-,26-/m1/s1. The highest BCUT2D eigenvalue weighted by atomic mass is 35.5. The van der Waals surface area contributed by atoms with Gasteiger partial charge in [-0.3, -0.25) is 19.5 Å². The number of amides is 2. The van der Waals surface area contributed by atoms with Crippen molar-refractivity contribution in [1.29, 1.82) is 0 Å². The van der Waals surface area contributed by atoms with Crippen molar-refractivity contribution in [3.63, 3.8) is 0 Å². The number of pyridine rings is 1. The predicted octanol–water partition coefficient (Wildman–Crippen LogP) is 4.35. The smallest absolute Gasteiger partial charge is 0.233 e. The molecular weight excluding hydrogens is 480 g/mol. The molecule has 36 heavy (non-hydrogen) atoms. The predicted molar refractivity (Wildman–Crippen MR) is 136 cm³/mol. The number of phenolic OH excluding ortho intramolecular Hbond substituents is 1. The zero-order valence-corrected chi connectivity index (χ0v) is 21.1. The molecule has 1 aromatic carbocycles. The minimum atomic E-state index is -0.357. The number of aromatic hydroxyl groups is 1. The number of carbonyl (C=O) groups is 2. The summed E-state index contributed by atoms with van der Waals surface area (Å²) in [7, 11) is 3.22. The Bertz CT molecular complexity index is 1240. The minimum Gasteiger partial charge on any atom is -0.508 e. The van der Waals surface area contributed by atoms with Gasteiger partial charge in [0.2, 0.25) is 11.8 Å². The van der Waals surface area contributed by atoms with E-state index in [0.717, 1.165) is 28.0 Å². The SMILES string of the molecule is COCC1=C2[C@@H](CC/C(=C/c3ccc(O)cc3Cl)c3ccccn3)OC[C@@H]2[C@@H]2C(=O)N(C)C(=O)[C@@H]2C1. The van der Waals surface area contributed by atoms with Gasteiger partial charge < -0.3 is 14.6 Å². The van der Waals surface area contributed by atoms with E-state index in [9.17, 15) is 14.7 Å². The second-order valence-corrected chi connectivity index (χ2v) is 10.0. The number of nitrogens with zero attached hydrogens (tertiary/aromatic N) is 2. The normalized spacial score (nSPS) is 26.0. The lowest BCUT2D eigenvalue weighted by atomic mass is 9.69. The summed E-state index contributed by atoms with van der Waals surface area (Å²) < 4.78 is 11.8. The third-order valence-corrected chi connectivity index (χ3v) is 7.86. The number of rotatable bonds is 7. The largest absolute Gasteiger partial charge is 0.508 e. The molecule has 2 aliphatic heterocycles. The summed E-state index contributed by atoms with van der Waals surface area (Å²) in [6.07, 6.45) is 5.46. The van der Waals surface area contributed by atoms with E-state index in [1.165, 1.54) is 11.0 Å². The van der Waals surface area contributed by atoms with E-state index in [1.807, 2.05) is 24.3 Å². The highest BCUT2D eigenvalue weighted by Crippen LogP contribution is 2.49. The van der Waals surface area contributed by atoms with Gasteiger partial charge in [-0.1, -0.05) is 17.7 Å². The van der Waals surface area contributed by atoms with E-state index in [2.05, 4.69) is 4.98 Å². The summed E-state index contributed by atoms with van der Waals surface area (Å²) in [5, 5.41) is 10.2. The van der Waals surface area contributed by atoms with Gasteiger partial charge in [-0.05, 0) is 78.0 Å². The fourth-order valence-electron chi connectivity index (χ4n) is 5.87. The number of hydrogen-bond acceptors (Lipinski definition) is 6. The van der Waals surface area contributed by atoms with Crippen LogP contribution in [0.15, 0.2) is 53.7 Å². The molecule has 5 rings (SSSR count). The highest BCUT2D eigenvalue weighted by molar-refractivity contribution is 6.32. The van der Waals surface area contributed by atoms with E-state index in [0.29, 0.717) is 37.5 Å². The average molecular weight is 509 g/mol. The summed E-state index contributed by atoms with van der Waals surface area (Å²) in [5.41, 5.74) is 4.82. The Hall–Kier alpha value is -3.00. The van der Waals surface area contributed by atoms with E-state index in [4.69, 9.17) is 21.1 Å². The summed E-state index contributed by atoms with van der Waals surface area (Å²) in [4.78, 5) is 31.5. The van der Waals surface area contributed by atoms with E-state index >= 15 is 0 Å². The van der Waals surface area contributed by atoms with E-state index in [-0.39, 0.29) is 41.4 Å². The van der Waals surface area contributed by atoms with Crippen molar-refractivity contribution < 1.29 is 24.2 Å². The van der Waals surface area contributed by atoms with Gasteiger partial charge in [-0.15, -0.1) is 0 Å². The Kier molecular flexibility index (Phi) is 6.97. The Morgan fingerprint density at radius 3 is 2.81 bits per heavy atom. The van der Waals surface area contributed by atoms with Crippen LogP contribution in [0.3, 0.4) is 0 Å². The number of likely N-dealkylation sites (tertiary alicyclic amines) is 1. The van der Waals surface area contributed by atoms with Crippen molar-refractivity contribution in [2.24, 2.45) is 17.8 Å². The van der Waals surface area contributed by atoms with Crippen LogP contribution < -0.4 is 0 Å². The molecule has 1 aromatic heterocycles. The molecule has 8 heteroatoms. The molecule has 0 unspecified atom stereocenters. The van der Waals surface area contributed by atoms with Gasteiger partial charge in [-0.2, -0.15) is 0 Å². The third-order valence-electron chi connectivity index (χ3n) is 7.53. The number of hydrogen-bond donors (Lipinski definition) is 1. The van der Waals surface area contributed by atoms with Gasteiger partial charge in [0.1, 0.15) is 5.75 Å². The van der Waals surface area contributed by atoms with Crippen molar-refractivity contribution >= 4 is 35.1 Å². The zero-order chi connectivity index (χ0) is 25.4. The zero-order valence-electron chi connectivity index (χ0n) is 20.3. The van der Waals surface area contributed by atoms with Gasteiger partial charge in [0.25, 0.3) is 0 Å². The van der Waals surface area contributed by atoms with Crippen molar-refractivity contribution in [2.45, 2.75) is 25.4 Å². The first kappa shape index (κ1) is 24.7. The maximum absolute atomic E-state index is 12.9. The van der Waals surface area contributed by atoms with Crippen molar-refractivity contribution in [3.05, 3.63) is 70.0 Å². The van der Waals surface area contributed by atoms with Crippen molar-refractivity contribution in [2.75, 3.05) is 27.4 Å². The first-order valence-electron chi connectivity index (χ1n) is 12.1. The molecule has 4 atom stereocenters. The summed E-state index contributed by atoms with van der Waals surface area (Å²) in [5.74, 6) is -0.888. The molecule has 0 bridgehead atoms. The van der Waals surface area contributed by atoms with Gasteiger partial charge in [-0.25, -0.2) is 0 Å². The Morgan fingerprint density at radius 1 is 1.25 bits per heavy atom. The number of fused-ring (bicyclic) bond motifs is 3. The van der Waals surface area contributed by atoms with E-state index < -0.39 is 0 Å². The van der Waals surface area contributed by atoms with Crippen LogP contribution in [0.1, 0.15) is 30.5 Å². The quantitative estimate of drug-likeness (QED) is 0.441. The molecule has 2 fully saturated rings. The van der Waals surface area contributed by atoms with Crippen LogP contribution in [-0.2, 0) is 19.1 Å². The molecule has 188 valence electrons. The van der Waals surface area contributed by atoms with Crippen LogP contribution in [0.25, 0.3) is 11.6 Å². The fraction of sp³-hybridized carbons (Fsp3) is 0.393. The Morgan fingerprint density at radius 2 is 2.08 bits per heavy atom. The second-order valence-electron chi connectivity index (χ2n) is 9.62. The number of allylic oxidation sites excluding steroid dienone is 1. The van der Waals surface area contributed by atoms with E-state index in [1.54, 1.807) is 32.5 Å². The molecule has 3 aliphatic rings. The lowest BCUT2D eigenvalue weighted by Crippen LogP contribution is -2.34. The van der Waals surface area contributed by atoms with Crippen LogP contribution >= 0.6 is 11.6 Å². The molecule has 2 amide bonds. The third kappa shape index (κ3) is 4.47. The summed E-state index contributed by atoms with van der Waals surface area (Å²) in [6, 6.07) is 10.7. The van der Waals surface area contributed by atoms with Crippen LogP contribution in [0.4, 0.5) is 0 Å². The molecule has 1 N–H and O–H groups in total. The molecule has 2 aromatic rings. The number of aromatic nitrogens is 1. The van der Waals surface area contributed by atoms with Crippen LogP contribution in [0.2, 0.25) is 5.02 Å². The van der Waals surface area contributed by atoms with Gasteiger partial charge in [0, 0.05) is 26.3 Å². The molecule has 0 radical (unpaired) electrons. The van der Waals surface area contributed by atoms with Gasteiger partial charge in [0.15, 0.2) is 0 Å². The topological polar surface area (TPSA) is 89.0 Å². The number of benzene rings is 1. The number of methoxy groups -OCH3 is 1. The average Bonchev–Trinajstić information content (AvgIpc) is 3.39. The summed E-state index contributed by atoms with van der Waals surface area (Å²) in [6.45, 7) is 0.847. The first-order valence-corrected chi connectivity index (χ1v) is 12.5. The van der Waals surface area contributed by atoms with Crippen molar-refractivity contribution in [1.82, 2.24) is 9.88 Å². The maximum atomic E-state index is 12.9. The molecule has 0 saturated carbocycles. The number of ether oxygens (including phenoxy) is 2. The van der Waals surface area contributed by atoms with Crippen LogP contribution in [-0.4, -0.2) is 60.3 Å². The van der Waals surface area contributed by atoms with Gasteiger partial charge in [0.05, 0.1) is 41.9 Å². The lowest BCUT2D eigenvalue weighted by Gasteiger charge is -2.31. The maximum Gasteiger partial charge on any atom is 0.233 e.